The molecule has 1 aliphatic heterocycles. The van der Waals surface area contributed by atoms with E-state index in [-0.39, 0.29) is 11.2 Å². The Morgan fingerprint density at radius 2 is 2.41 bits per heavy atom. The van der Waals surface area contributed by atoms with Crippen molar-refractivity contribution in [3.05, 3.63) is 47.4 Å². The molecule has 0 radical (unpaired) electrons. The van der Waals surface area contributed by atoms with E-state index in [9.17, 15) is 4.79 Å². The molecule has 1 atom stereocenters. The zero-order chi connectivity index (χ0) is 11.8. The van der Waals surface area contributed by atoms with E-state index < -0.39 is 0 Å². The number of pyridine rings is 1. The quantitative estimate of drug-likeness (QED) is 0.818. The molecule has 0 bridgehead atoms. The van der Waals surface area contributed by atoms with Gasteiger partial charge in [0.15, 0.2) is 0 Å². The molecule has 1 amide bonds. The summed E-state index contributed by atoms with van der Waals surface area (Å²) in [6, 6.07) is 1.99. The molecule has 1 aromatic rings. The Balaban J connectivity index is 1.84. The molecule has 3 nitrogen and oxygen atoms in total. The average Bonchev–Trinajstić information content (AvgIpc) is 2.72. The molecule has 0 aromatic carbocycles. The van der Waals surface area contributed by atoms with Crippen molar-refractivity contribution in [3.8, 4) is 0 Å². The molecule has 1 N–H and O–H groups in total. The Hall–Kier alpha value is -1.55. The molecule has 86 valence electrons. The molecule has 1 aromatic heterocycles. The van der Waals surface area contributed by atoms with Crippen LogP contribution in [0.1, 0.15) is 11.1 Å². The summed E-state index contributed by atoms with van der Waals surface area (Å²) in [5.74, 6) is 0.848. The zero-order valence-corrected chi connectivity index (χ0v) is 10.1. The Labute approximate surface area is 104 Å². The molecule has 2 aliphatic rings. The summed E-state index contributed by atoms with van der Waals surface area (Å²) < 4.78 is 0. The Bertz CT molecular complexity index is 536. The lowest BCUT2D eigenvalue weighted by Gasteiger charge is -2.24. The Kier molecular flexibility index (Phi) is 2.52. The molecule has 0 spiro atoms. The van der Waals surface area contributed by atoms with Crippen molar-refractivity contribution < 1.29 is 4.79 Å². The van der Waals surface area contributed by atoms with Crippen molar-refractivity contribution >= 4 is 23.7 Å². The van der Waals surface area contributed by atoms with E-state index in [0.717, 1.165) is 17.9 Å². The van der Waals surface area contributed by atoms with Crippen molar-refractivity contribution in [1.29, 1.82) is 0 Å². The van der Waals surface area contributed by atoms with Crippen molar-refractivity contribution in [2.75, 3.05) is 5.75 Å². The first-order valence-corrected chi connectivity index (χ1v) is 6.52. The summed E-state index contributed by atoms with van der Waals surface area (Å²) >= 11 is 1.65. The van der Waals surface area contributed by atoms with Gasteiger partial charge in [-0.1, -0.05) is 12.7 Å². The van der Waals surface area contributed by atoms with Gasteiger partial charge in [0.25, 0.3) is 0 Å². The molecule has 1 fully saturated rings. The van der Waals surface area contributed by atoms with E-state index in [2.05, 4.69) is 23.0 Å². The van der Waals surface area contributed by atoms with Crippen molar-refractivity contribution in [3.63, 3.8) is 0 Å². The minimum absolute atomic E-state index is 0.0539. The number of thioether (sulfide) groups is 1. The van der Waals surface area contributed by atoms with Crippen molar-refractivity contribution in [2.45, 2.75) is 11.7 Å². The maximum absolute atomic E-state index is 11.9. The van der Waals surface area contributed by atoms with Crippen LogP contribution in [-0.4, -0.2) is 21.9 Å². The number of nitrogens with zero attached hydrogens (tertiary/aromatic N) is 1. The van der Waals surface area contributed by atoms with Crippen LogP contribution in [-0.2, 0) is 11.2 Å². The van der Waals surface area contributed by atoms with Crippen LogP contribution in [0.5, 0.6) is 0 Å². The minimum Gasteiger partial charge on any atom is -0.328 e. The second kappa shape index (κ2) is 4.04. The van der Waals surface area contributed by atoms with Crippen LogP contribution in [0.3, 0.4) is 0 Å². The highest BCUT2D eigenvalue weighted by molar-refractivity contribution is 8.01. The maximum atomic E-state index is 11.9. The van der Waals surface area contributed by atoms with Gasteiger partial charge >= 0.3 is 0 Å². The molecule has 1 unspecified atom stereocenters. The standard InChI is InChI=1S/C13H12N2OS/c1-8-7-17-12(13(16)15-8)10-4-9-2-3-14-6-11(9)5-10/h2-4,6,12H,1,5,7H2,(H,15,16). The van der Waals surface area contributed by atoms with Gasteiger partial charge in [0.1, 0.15) is 5.25 Å². The van der Waals surface area contributed by atoms with Gasteiger partial charge in [-0.15, -0.1) is 11.8 Å². The summed E-state index contributed by atoms with van der Waals surface area (Å²) in [7, 11) is 0. The summed E-state index contributed by atoms with van der Waals surface area (Å²) in [5, 5.41) is 2.75. The van der Waals surface area contributed by atoms with Gasteiger partial charge in [-0.05, 0) is 29.2 Å². The van der Waals surface area contributed by atoms with Crippen LogP contribution in [0.2, 0.25) is 0 Å². The van der Waals surface area contributed by atoms with Gasteiger partial charge in [-0.25, -0.2) is 0 Å². The van der Waals surface area contributed by atoms with Crippen LogP contribution < -0.4 is 5.32 Å². The molecular formula is C13H12N2OS. The number of fused-ring (bicyclic) bond motifs is 1. The Morgan fingerprint density at radius 3 is 3.18 bits per heavy atom. The average molecular weight is 244 g/mol. The lowest BCUT2D eigenvalue weighted by molar-refractivity contribution is -0.119. The molecule has 3 rings (SSSR count). The lowest BCUT2D eigenvalue weighted by Crippen LogP contribution is -2.38. The third-order valence-electron chi connectivity index (χ3n) is 2.98. The Morgan fingerprint density at radius 1 is 1.53 bits per heavy atom. The molecule has 1 saturated heterocycles. The first-order chi connectivity index (χ1) is 8.24. The molecular weight excluding hydrogens is 232 g/mol. The molecule has 1 aliphatic carbocycles. The topological polar surface area (TPSA) is 42.0 Å². The van der Waals surface area contributed by atoms with E-state index in [1.54, 1.807) is 18.0 Å². The smallest absolute Gasteiger partial charge is 0.241 e. The van der Waals surface area contributed by atoms with Gasteiger partial charge in [-0.3, -0.25) is 9.78 Å². The number of aromatic nitrogens is 1. The second-order valence-corrected chi connectivity index (χ2v) is 5.35. The fourth-order valence-corrected chi connectivity index (χ4v) is 3.19. The van der Waals surface area contributed by atoms with Gasteiger partial charge < -0.3 is 5.32 Å². The number of carbonyl (C=O) groups excluding carboxylic acids is 1. The van der Waals surface area contributed by atoms with Crippen LogP contribution in [0.4, 0.5) is 0 Å². The first-order valence-electron chi connectivity index (χ1n) is 5.47. The number of carbonyl (C=O) groups is 1. The SMILES string of the molecule is C=C1CSC(C2=Cc3ccncc3C2)C(=O)N1. The molecule has 2 heterocycles. The van der Waals surface area contributed by atoms with Gasteiger partial charge in [-0.2, -0.15) is 0 Å². The highest BCUT2D eigenvalue weighted by Crippen LogP contribution is 2.33. The summed E-state index contributed by atoms with van der Waals surface area (Å²) in [5.41, 5.74) is 4.37. The fourth-order valence-electron chi connectivity index (χ4n) is 2.18. The largest absolute Gasteiger partial charge is 0.328 e. The van der Waals surface area contributed by atoms with E-state index in [1.165, 1.54) is 16.7 Å². The third kappa shape index (κ3) is 1.89. The van der Waals surface area contributed by atoms with Crippen LogP contribution in [0.25, 0.3) is 6.08 Å². The van der Waals surface area contributed by atoms with Gasteiger partial charge in [0.05, 0.1) is 0 Å². The predicted octanol–water partition coefficient (Wildman–Crippen LogP) is 1.77. The van der Waals surface area contributed by atoms with Crippen LogP contribution in [0.15, 0.2) is 36.3 Å². The minimum atomic E-state index is -0.0760. The normalized spacial score (nSPS) is 23.1. The monoisotopic (exact) mass is 244 g/mol. The number of rotatable bonds is 1. The highest BCUT2D eigenvalue weighted by atomic mass is 32.2. The number of hydrogen-bond acceptors (Lipinski definition) is 3. The van der Waals surface area contributed by atoms with Crippen LogP contribution in [0, 0.1) is 0 Å². The van der Waals surface area contributed by atoms with Gasteiger partial charge in [0, 0.05) is 23.8 Å². The third-order valence-corrected chi connectivity index (χ3v) is 4.34. The van der Waals surface area contributed by atoms with E-state index in [4.69, 9.17) is 0 Å². The fraction of sp³-hybridized carbons (Fsp3) is 0.231. The summed E-state index contributed by atoms with van der Waals surface area (Å²) in [6.45, 7) is 3.78. The molecule has 0 saturated carbocycles. The predicted molar refractivity (Wildman–Crippen MR) is 69.4 cm³/mol. The van der Waals surface area contributed by atoms with Gasteiger partial charge in [0.2, 0.25) is 5.91 Å². The van der Waals surface area contributed by atoms with Crippen molar-refractivity contribution in [1.82, 2.24) is 10.3 Å². The summed E-state index contributed by atoms with van der Waals surface area (Å²) in [4.78, 5) is 16.0. The van der Waals surface area contributed by atoms with Crippen molar-refractivity contribution in [2.24, 2.45) is 0 Å². The van der Waals surface area contributed by atoms with Crippen LogP contribution >= 0.6 is 11.8 Å². The van der Waals surface area contributed by atoms with E-state index in [0.29, 0.717) is 0 Å². The molecule has 4 heteroatoms. The van der Waals surface area contributed by atoms with E-state index in [1.807, 2.05) is 12.3 Å². The highest BCUT2D eigenvalue weighted by Gasteiger charge is 2.30. The second-order valence-electron chi connectivity index (χ2n) is 4.25. The maximum Gasteiger partial charge on any atom is 0.241 e. The molecule has 17 heavy (non-hydrogen) atoms. The summed E-state index contributed by atoms with van der Waals surface area (Å²) in [6.07, 6.45) is 6.61. The van der Waals surface area contributed by atoms with E-state index >= 15 is 0 Å². The number of nitrogens with one attached hydrogen (secondary N) is 1. The zero-order valence-electron chi connectivity index (χ0n) is 9.27. The number of hydrogen-bond donors (Lipinski definition) is 1. The lowest BCUT2D eigenvalue weighted by atomic mass is 10.1. The number of amides is 1. The first kappa shape index (κ1) is 10.6.